The third-order valence-electron chi connectivity index (χ3n) is 2.86. The molecule has 2 aromatic carbocycles. The molecule has 15 heavy (non-hydrogen) atoms. The van der Waals surface area contributed by atoms with Gasteiger partial charge in [-0.05, 0) is 36.6 Å². The molecular weight excluding hydrogens is 182 g/mol. The summed E-state index contributed by atoms with van der Waals surface area (Å²) in [4.78, 5) is 0. The molecule has 2 N–H and O–H groups in total. The predicted molar refractivity (Wildman–Crippen MR) is 65.8 cm³/mol. The van der Waals surface area contributed by atoms with Gasteiger partial charge >= 0.3 is 0 Å². The Morgan fingerprint density at radius 3 is 2.20 bits per heavy atom. The Labute approximate surface area is 90.6 Å². The smallest absolute Gasteiger partial charge is 0.0393 e. The molecule has 0 aliphatic carbocycles. The number of nitrogens with two attached hydrogens (primary N) is 1. The molecule has 0 spiro atoms. The maximum Gasteiger partial charge on any atom is 0.0393 e. The molecule has 0 atom stereocenters. The monoisotopic (exact) mass is 197 g/mol. The van der Waals surface area contributed by atoms with Gasteiger partial charge < -0.3 is 5.73 Å². The Balaban J connectivity index is 2.65. The molecular formula is C14H15N. The second-order valence-electron chi connectivity index (χ2n) is 3.83. The fourth-order valence-corrected chi connectivity index (χ4v) is 1.79. The van der Waals surface area contributed by atoms with Gasteiger partial charge in [0.2, 0.25) is 0 Å². The van der Waals surface area contributed by atoms with Crippen molar-refractivity contribution in [3.05, 3.63) is 53.6 Å². The molecule has 2 rings (SSSR count). The number of para-hydroxylation sites is 1. The van der Waals surface area contributed by atoms with E-state index >= 15 is 0 Å². The Hall–Kier alpha value is -1.76. The Kier molecular flexibility index (Phi) is 2.46. The van der Waals surface area contributed by atoms with E-state index in [1.54, 1.807) is 0 Å². The summed E-state index contributed by atoms with van der Waals surface area (Å²) in [6.07, 6.45) is 0. The number of hydrogen-bond acceptors (Lipinski definition) is 1. The molecule has 0 bridgehead atoms. The number of hydrogen-bond donors (Lipinski definition) is 1. The Morgan fingerprint density at radius 2 is 1.47 bits per heavy atom. The number of nitrogen functional groups attached to an aromatic ring is 1. The molecule has 0 heterocycles. The van der Waals surface area contributed by atoms with Gasteiger partial charge in [0, 0.05) is 11.3 Å². The highest BCUT2D eigenvalue weighted by Crippen LogP contribution is 2.29. The molecule has 0 unspecified atom stereocenters. The maximum absolute atomic E-state index is 5.97. The quantitative estimate of drug-likeness (QED) is 0.695. The summed E-state index contributed by atoms with van der Waals surface area (Å²) < 4.78 is 0. The first-order chi connectivity index (χ1) is 7.20. The predicted octanol–water partition coefficient (Wildman–Crippen LogP) is 3.55. The highest BCUT2D eigenvalue weighted by molar-refractivity contribution is 5.78. The average molecular weight is 197 g/mol. The van der Waals surface area contributed by atoms with E-state index < -0.39 is 0 Å². The standard InChI is InChI=1S/C14H15N/c1-10-6-5-8-12(11(10)2)13-7-3-4-9-14(13)15/h3-9H,15H2,1-2H3. The van der Waals surface area contributed by atoms with Gasteiger partial charge in [-0.2, -0.15) is 0 Å². The zero-order chi connectivity index (χ0) is 10.8. The number of benzene rings is 2. The van der Waals surface area contributed by atoms with Gasteiger partial charge in [-0.25, -0.2) is 0 Å². The van der Waals surface area contributed by atoms with E-state index in [1.165, 1.54) is 16.7 Å². The first-order valence-electron chi connectivity index (χ1n) is 5.11. The molecule has 0 saturated heterocycles. The lowest BCUT2D eigenvalue weighted by Crippen LogP contribution is -1.92. The maximum atomic E-state index is 5.97. The van der Waals surface area contributed by atoms with Crippen LogP contribution >= 0.6 is 0 Å². The normalized spacial score (nSPS) is 10.3. The van der Waals surface area contributed by atoms with Gasteiger partial charge in [-0.15, -0.1) is 0 Å². The summed E-state index contributed by atoms with van der Waals surface area (Å²) in [5.74, 6) is 0. The van der Waals surface area contributed by atoms with Crippen LogP contribution in [0.2, 0.25) is 0 Å². The minimum Gasteiger partial charge on any atom is -0.398 e. The van der Waals surface area contributed by atoms with E-state index in [4.69, 9.17) is 5.73 Å². The van der Waals surface area contributed by atoms with Crippen LogP contribution in [0, 0.1) is 13.8 Å². The summed E-state index contributed by atoms with van der Waals surface area (Å²) in [5, 5.41) is 0. The lowest BCUT2D eigenvalue weighted by atomic mass is 9.96. The number of rotatable bonds is 1. The van der Waals surface area contributed by atoms with Crippen molar-refractivity contribution < 1.29 is 0 Å². The molecule has 0 radical (unpaired) electrons. The van der Waals surface area contributed by atoms with E-state index in [0.29, 0.717) is 0 Å². The first-order valence-corrected chi connectivity index (χ1v) is 5.11. The number of anilines is 1. The van der Waals surface area contributed by atoms with Crippen LogP contribution in [0.4, 0.5) is 5.69 Å². The van der Waals surface area contributed by atoms with Crippen molar-refractivity contribution in [3.8, 4) is 11.1 Å². The van der Waals surface area contributed by atoms with Gasteiger partial charge in [0.05, 0.1) is 0 Å². The molecule has 0 fully saturated rings. The summed E-state index contributed by atoms with van der Waals surface area (Å²) in [5.41, 5.74) is 11.8. The molecule has 1 nitrogen and oxygen atoms in total. The van der Waals surface area contributed by atoms with E-state index in [1.807, 2.05) is 18.2 Å². The number of aryl methyl sites for hydroxylation is 1. The van der Waals surface area contributed by atoms with Crippen LogP contribution in [0.15, 0.2) is 42.5 Å². The molecule has 2 aromatic rings. The fraction of sp³-hybridized carbons (Fsp3) is 0.143. The minimum atomic E-state index is 0.839. The molecule has 0 aromatic heterocycles. The average Bonchev–Trinajstić information content (AvgIpc) is 2.23. The third kappa shape index (κ3) is 1.73. The molecule has 0 aliphatic heterocycles. The zero-order valence-electron chi connectivity index (χ0n) is 9.12. The summed E-state index contributed by atoms with van der Waals surface area (Å²) in [6, 6.07) is 14.3. The van der Waals surface area contributed by atoms with Crippen molar-refractivity contribution >= 4 is 5.69 Å². The lowest BCUT2D eigenvalue weighted by molar-refractivity contribution is 1.34. The summed E-state index contributed by atoms with van der Waals surface area (Å²) in [7, 11) is 0. The second kappa shape index (κ2) is 3.77. The Bertz CT molecular complexity index is 486. The van der Waals surface area contributed by atoms with Crippen molar-refractivity contribution in [1.29, 1.82) is 0 Å². The zero-order valence-corrected chi connectivity index (χ0v) is 9.12. The summed E-state index contributed by atoms with van der Waals surface area (Å²) in [6.45, 7) is 4.26. The Morgan fingerprint density at radius 1 is 0.800 bits per heavy atom. The molecule has 0 amide bonds. The van der Waals surface area contributed by atoms with Crippen LogP contribution in [-0.2, 0) is 0 Å². The van der Waals surface area contributed by atoms with E-state index in [-0.39, 0.29) is 0 Å². The lowest BCUT2D eigenvalue weighted by Gasteiger charge is -2.10. The van der Waals surface area contributed by atoms with Crippen LogP contribution in [0.5, 0.6) is 0 Å². The molecule has 0 saturated carbocycles. The van der Waals surface area contributed by atoms with E-state index in [0.717, 1.165) is 11.3 Å². The van der Waals surface area contributed by atoms with Crippen molar-refractivity contribution in [3.63, 3.8) is 0 Å². The van der Waals surface area contributed by atoms with Gasteiger partial charge in [0.15, 0.2) is 0 Å². The van der Waals surface area contributed by atoms with Crippen LogP contribution in [0.3, 0.4) is 0 Å². The van der Waals surface area contributed by atoms with Gasteiger partial charge in [0.25, 0.3) is 0 Å². The second-order valence-corrected chi connectivity index (χ2v) is 3.83. The molecule has 0 aliphatic rings. The first kappa shape index (κ1) is 9.78. The van der Waals surface area contributed by atoms with Gasteiger partial charge in [-0.1, -0.05) is 36.4 Å². The third-order valence-corrected chi connectivity index (χ3v) is 2.86. The largest absolute Gasteiger partial charge is 0.398 e. The van der Waals surface area contributed by atoms with Crippen LogP contribution in [-0.4, -0.2) is 0 Å². The van der Waals surface area contributed by atoms with Gasteiger partial charge in [-0.3, -0.25) is 0 Å². The van der Waals surface area contributed by atoms with E-state index in [2.05, 4.69) is 38.1 Å². The molecule has 1 heteroatoms. The summed E-state index contributed by atoms with van der Waals surface area (Å²) >= 11 is 0. The van der Waals surface area contributed by atoms with E-state index in [9.17, 15) is 0 Å². The molecule has 76 valence electrons. The van der Waals surface area contributed by atoms with Crippen molar-refractivity contribution in [2.75, 3.05) is 5.73 Å². The van der Waals surface area contributed by atoms with Crippen molar-refractivity contribution in [1.82, 2.24) is 0 Å². The van der Waals surface area contributed by atoms with Gasteiger partial charge in [0.1, 0.15) is 0 Å². The topological polar surface area (TPSA) is 26.0 Å². The van der Waals surface area contributed by atoms with Crippen LogP contribution in [0.25, 0.3) is 11.1 Å². The van der Waals surface area contributed by atoms with Crippen LogP contribution in [0.1, 0.15) is 11.1 Å². The highest BCUT2D eigenvalue weighted by atomic mass is 14.6. The van der Waals surface area contributed by atoms with Crippen molar-refractivity contribution in [2.45, 2.75) is 13.8 Å². The van der Waals surface area contributed by atoms with Crippen LogP contribution < -0.4 is 5.73 Å². The SMILES string of the molecule is Cc1cccc(-c2ccccc2N)c1C. The highest BCUT2D eigenvalue weighted by Gasteiger charge is 2.05. The minimum absolute atomic E-state index is 0.839. The van der Waals surface area contributed by atoms with Crippen molar-refractivity contribution in [2.24, 2.45) is 0 Å². The fourth-order valence-electron chi connectivity index (χ4n) is 1.79.